The number of ether oxygens (including phenoxy) is 1. The Morgan fingerprint density at radius 1 is 0.879 bits per heavy atom. The van der Waals surface area contributed by atoms with E-state index in [-0.39, 0.29) is 43.5 Å². The average molecular weight is 442 g/mol. The predicted octanol–water partition coefficient (Wildman–Crippen LogP) is 3.76. The largest absolute Gasteiger partial charge is 0.426 e. The van der Waals surface area contributed by atoms with Gasteiger partial charge in [-0.25, -0.2) is 0 Å². The zero-order valence-corrected chi connectivity index (χ0v) is 18.1. The molecule has 0 saturated carbocycles. The van der Waals surface area contributed by atoms with Crippen molar-refractivity contribution >= 4 is 45.8 Å². The van der Waals surface area contributed by atoms with Crippen LogP contribution in [0.2, 0.25) is 0 Å². The number of nitrogens with zero attached hydrogens (tertiary/aromatic N) is 2. The van der Waals surface area contributed by atoms with Crippen molar-refractivity contribution < 1.29 is 23.9 Å². The molecule has 0 unspecified atom stereocenters. The second-order valence-corrected chi connectivity index (χ2v) is 8.40. The van der Waals surface area contributed by atoms with E-state index < -0.39 is 11.9 Å². The van der Waals surface area contributed by atoms with Gasteiger partial charge in [0.05, 0.1) is 17.3 Å². The van der Waals surface area contributed by atoms with Crippen LogP contribution in [0.5, 0.6) is 5.75 Å². The molecule has 2 aliphatic heterocycles. The van der Waals surface area contributed by atoms with E-state index in [4.69, 9.17) is 4.74 Å². The summed E-state index contributed by atoms with van der Waals surface area (Å²) in [5, 5.41) is 1.99. The molecule has 3 aromatic carbocycles. The van der Waals surface area contributed by atoms with Crippen molar-refractivity contribution in [2.24, 2.45) is 5.92 Å². The van der Waals surface area contributed by atoms with Gasteiger partial charge in [0.2, 0.25) is 17.7 Å². The topological polar surface area (TPSA) is 84.0 Å². The summed E-state index contributed by atoms with van der Waals surface area (Å²) >= 11 is 0. The molecule has 3 aromatic rings. The highest BCUT2D eigenvalue weighted by molar-refractivity contribution is 6.20. The molecule has 7 heteroatoms. The lowest BCUT2D eigenvalue weighted by atomic mass is 10.1. The Labute approximate surface area is 190 Å². The Morgan fingerprint density at radius 3 is 2.36 bits per heavy atom. The molecule has 0 spiro atoms. The number of benzene rings is 3. The molecule has 0 radical (unpaired) electrons. The molecule has 2 saturated heterocycles. The molecule has 3 amide bonds. The maximum atomic E-state index is 12.8. The van der Waals surface area contributed by atoms with E-state index >= 15 is 0 Å². The molecular weight excluding hydrogens is 420 g/mol. The van der Waals surface area contributed by atoms with Gasteiger partial charge in [0.15, 0.2) is 0 Å². The first-order chi connectivity index (χ1) is 15.9. The number of carbonyl (C=O) groups excluding carboxylic acids is 4. The minimum Gasteiger partial charge on any atom is -0.426 e. The molecule has 0 aliphatic carbocycles. The summed E-state index contributed by atoms with van der Waals surface area (Å²) in [6, 6.07) is 18.4. The van der Waals surface area contributed by atoms with Gasteiger partial charge in [-0.05, 0) is 42.1 Å². The summed E-state index contributed by atoms with van der Waals surface area (Å²) in [6.45, 7) is 2.01. The van der Waals surface area contributed by atoms with E-state index in [0.29, 0.717) is 17.0 Å². The molecular formula is C26H22N2O5. The number of hydrogen-bond donors (Lipinski definition) is 0. The highest BCUT2D eigenvalue weighted by Gasteiger charge is 2.37. The van der Waals surface area contributed by atoms with E-state index in [1.807, 2.05) is 42.5 Å². The second kappa shape index (κ2) is 8.16. The van der Waals surface area contributed by atoms with E-state index in [0.717, 1.165) is 16.5 Å². The summed E-state index contributed by atoms with van der Waals surface area (Å²) in [4.78, 5) is 52.4. The van der Waals surface area contributed by atoms with Gasteiger partial charge in [0.25, 0.3) is 0 Å². The van der Waals surface area contributed by atoms with Crippen LogP contribution < -0.4 is 14.5 Å². The van der Waals surface area contributed by atoms with Crippen LogP contribution in [-0.4, -0.2) is 30.2 Å². The Hall–Kier alpha value is -4.00. The predicted molar refractivity (Wildman–Crippen MR) is 123 cm³/mol. The Balaban J connectivity index is 1.32. The van der Waals surface area contributed by atoms with Crippen molar-refractivity contribution in [2.45, 2.75) is 26.2 Å². The molecule has 2 heterocycles. The standard InChI is InChI=1S/C26H22N2O5/c1-16-13-19(9-10-21(16)28-23(29)11-12-24(28)30)33-26(32)18-14-25(31)27(15-18)22-8-4-6-17-5-2-3-7-20(17)22/h2-10,13,18H,11-12,14-15H2,1H3/t18-/m0/s1. The fourth-order valence-electron chi connectivity index (χ4n) is 4.53. The van der Waals surface area contributed by atoms with Crippen LogP contribution in [0.3, 0.4) is 0 Å². The van der Waals surface area contributed by atoms with Gasteiger partial charge < -0.3 is 9.64 Å². The Morgan fingerprint density at radius 2 is 1.61 bits per heavy atom. The maximum absolute atomic E-state index is 12.8. The molecule has 0 bridgehead atoms. The quantitative estimate of drug-likeness (QED) is 0.349. The first kappa shape index (κ1) is 20.9. The van der Waals surface area contributed by atoms with E-state index in [9.17, 15) is 19.2 Å². The summed E-state index contributed by atoms with van der Waals surface area (Å²) in [5.41, 5.74) is 1.94. The van der Waals surface area contributed by atoms with Gasteiger partial charge in [-0.15, -0.1) is 0 Å². The van der Waals surface area contributed by atoms with Crippen LogP contribution in [0.25, 0.3) is 10.8 Å². The van der Waals surface area contributed by atoms with Crippen LogP contribution in [0.15, 0.2) is 60.7 Å². The lowest BCUT2D eigenvalue weighted by Crippen LogP contribution is -2.29. The fourth-order valence-corrected chi connectivity index (χ4v) is 4.53. The number of fused-ring (bicyclic) bond motifs is 1. The highest BCUT2D eigenvalue weighted by atomic mass is 16.5. The molecule has 5 rings (SSSR count). The monoisotopic (exact) mass is 442 g/mol. The number of esters is 1. The van der Waals surface area contributed by atoms with Crippen molar-refractivity contribution in [1.29, 1.82) is 0 Å². The molecule has 2 fully saturated rings. The summed E-state index contributed by atoms with van der Waals surface area (Å²) in [6.07, 6.45) is 0.492. The number of imide groups is 1. The van der Waals surface area contributed by atoms with Gasteiger partial charge >= 0.3 is 5.97 Å². The first-order valence-electron chi connectivity index (χ1n) is 10.9. The normalized spacial score (nSPS) is 18.5. The second-order valence-electron chi connectivity index (χ2n) is 8.40. The van der Waals surface area contributed by atoms with Crippen molar-refractivity contribution in [1.82, 2.24) is 0 Å². The number of anilines is 2. The summed E-state index contributed by atoms with van der Waals surface area (Å²) in [5.74, 6) is -1.33. The first-order valence-corrected chi connectivity index (χ1v) is 10.9. The molecule has 166 valence electrons. The lowest BCUT2D eigenvalue weighted by molar-refractivity contribution is -0.139. The van der Waals surface area contributed by atoms with Crippen LogP contribution >= 0.6 is 0 Å². The third-order valence-corrected chi connectivity index (χ3v) is 6.19. The van der Waals surface area contributed by atoms with Gasteiger partial charge in [-0.1, -0.05) is 36.4 Å². The fraction of sp³-hybridized carbons (Fsp3) is 0.231. The minimum absolute atomic E-state index is 0.0793. The SMILES string of the molecule is Cc1cc(OC(=O)[C@H]2CC(=O)N(c3cccc4ccccc34)C2)ccc1N1C(=O)CCC1=O. The molecule has 2 aliphatic rings. The van der Waals surface area contributed by atoms with Crippen LogP contribution in [-0.2, 0) is 19.2 Å². The average Bonchev–Trinajstić information content (AvgIpc) is 3.35. The van der Waals surface area contributed by atoms with E-state index in [2.05, 4.69) is 0 Å². The summed E-state index contributed by atoms with van der Waals surface area (Å²) in [7, 11) is 0. The van der Waals surface area contributed by atoms with Gasteiger partial charge in [0, 0.05) is 31.2 Å². The Kier molecular flexibility index (Phi) is 5.17. The highest BCUT2D eigenvalue weighted by Crippen LogP contribution is 2.33. The zero-order valence-electron chi connectivity index (χ0n) is 18.1. The molecule has 33 heavy (non-hydrogen) atoms. The third kappa shape index (κ3) is 3.75. The maximum Gasteiger partial charge on any atom is 0.316 e. The molecule has 7 nitrogen and oxygen atoms in total. The van der Waals surface area contributed by atoms with Crippen molar-refractivity contribution in [2.75, 3.05) is 16.3 Å². The van der Waals surface area contributed by atoms with Crippen LogP contribution in [0, 0.1) is 12.8 Å². The van der Waals surface area contributed by atoms with E-state index in [1.165, 1.54) is 4.90 Å². The number of carbonyl (C=O) groups is 4. The van der Waals surface area contributed by atoms with Gasteiger partial charge in [-0.3, -0.25) is 24.1 Å². The van der Waals surface area contributed by atoms with Crippen LogP contribution in [0.1, 0.15) is 24.8 Å². The lowest BCUT2D eigenvalue weighted by Gasteiger charge is -2.19. The Bertz CT molecular complexity index is 1290. The number of aryl methyl sites for hydroxylation is 1. The summed E-state index contributed by atoms with van der Waals surface area (Å²) < 4.78 is 5.56. The van der Waals surface area contributed by atoms with Crippen molar-refractivity contribution in [3.63, 3.8) is 0 Å². The third-order valence-electron chi connectivity index (χ3n) is 6.19. The van der Waals surface area contributed by atoms with Crippen LogP contribution in [0.4, 0.5) is 11.4 Å². The molecule has 0 aromatic heterocycles. The number of rotatable bonds is 4. The zero-order chi connectivity index (χ0) is 23.1. The van der Waals surface area contributed by atoms with Gasteiger partial charge in [-0.2, -0.15) is 0 Å². The van der Waals surface area contributed by atoms with Crippen molar-refractivity contribution in [3.8, 4) is 5.75 Å². The number of hydrogen-bond acceptors (Lipinski definition) is 5. The molecule has 1 atom stereocenters. The van der Waals surface area contributed by atoms with Gasteiger partial charge in [0.1, 0.15) is 5.75 Å². The van der Waals surface area contributed by atoms with E-state index in [1.54, 1.807) is 30.0 Å². The minimum atomic E-state index is -0.585. The molecule has 0 N–H and O–H groups in total. The number of amides is 3. The smallest absolute Gasteiger partial charge is 0.316 e. The van der Waals surface area contributed by atoms with Crippen molar-refractivity contribution in [3.05, 3.63) is 66.2 Å².